The molecule has 5 heteroatoms. The second-order valence-electron chi connectivity index (χ2n) is 11.0. The van der Waals surface area contributed by atoms with Crippen molar-refractivity contribution in [2.24, 2.45) is 33.8 Å². The van der Waals surface area contributed by atoms with Crippen molar-refractivity contribution in [3.05, 3.63) is 0 Å². The molecule has 5 nitrogen and oxygen atoms in total. The number of nitrogens with one attached hydrogen (secondary N) is 1. The lowest BCUT2D eigenvalue weighted by molar-refractivity contribution is -0.170. The van der Waals surface area contributed by atoms with Crippen molar-refractivity contribution in [1.29, 1.82) is 0 Å². The third-order valence-corrected chi connectivity index (χ3v) is 8.03. The summed E-state index contributed by atoms with van der Waals surface area (Å²) in [5.74, 6) is 0.990. The molecule has 27 heavy (non-hydrogen) atoms. The Morgan fingerprint density at radius 3 is 2.22 bits per heavy atom. The van der Waals surface area contributed by atoms with Crippen LogP contribution in [0.4, 0.5) is 0 Å². The van der Waals surface area contributed by atoms with Crippen LogP contribution in [0.1, 0.15) is 71.6 Å². The first-order chi connectivity index (χ1) is 12.7. The molecule has 5 fully saturated rings. The number of carbonyl (C=O) groups is 2. The molecule has 4 aliphatic carbocycles. The first-order valence-corrected chi connectivity index (χ1v) is 11.0. The van der Waals surface area contributed by atoms with Crippen molar-refractivity contribution in [2.45, 2.75) is 71.6 Å². The molecular formula is C22H37N3O2. The van der Waals surface area contributed by atoms with Crippen molar-refractivity contribution in [3.63, 3.8) is 0 Å². The lowest BCUT2D eigenvalue weighted by atomic mass is 9.40. The lowest BCUT2D eigenvalue weighted by Gasteiger charge is -2.64. The first kappa shape index (κ1) is 19.2. The van der Waals surface area contributed by atoms with Crippen LogP contribution in [-0.4, -0.2) is 42.9 Å². The molecule has 5 aliphatic rings. The normalized spacial score (nSPS) is 41.6. The molecule has 5 rings (SSSR count). The summed E-state index contributed by atoms with van der Waals surface area (Å²) in [5.41, 5.74) is 6.08. The van der Waals surface area contributed by atoms with Crippen LogP contribution < -0.4 is 11.1 Å². The van der Waals surface area contributed by atoms with Crippen LogP contribution in [0.15, 0.2) is 0 Å². The van der Waals surface area contributed by atoms with Crippen LogP contribution in [0, 0.1) is 28.1 Å². The number of hydrogen-bond acceptors (Lipinski definition) is 3. The monoisotopic (exact) mass is 375 g/mol. The smallest absolute Gasteiger partial charge is 0.226 e. The van der Waals surface area contributed by atoms with E-state index in [1.54, 1.807) is 0 Å². The first-order valence-electron chi connectivity index (χ1n) is 11.0. The van der Waals surface area contributed by atoms with Gasteiger partial charge in [-0.25, -0.2) is 0 Å². The Morgan fingerprint density at radius 2 is 1.67 bits per heavy atom. The molecule has 0 aromatic rings. The largest absolute Gasteiger partial charge is 0.369 e. The Labute approximate surface area is 163 Å². The predicted molar refractivity (Wildman–Crippen MR) is 106 cm³/mol. The number of carbonyl (C=O) groups excluding carboxylic acids is 2. The molecule has 2 atom stereocenters. The molecule has 0 aromatic heterocycles. The minimum atomic E-state index is -0.153. The maximum absolute atomic E-state index is 13.2. The molecule has 3 N–H and O–H groups in total. The molecule has 1 saturated heterocycles. The highest BCUT2D eigenvalue weighted by atomic mass is 16.2. The van der Waals surface area contributed by atoms with E-state index in [4.69, 9.17) is 5.73 Å². The third-order valence-electron chi connectivity index (χ3n) is 8.03. The van der Waals surface area contributed by atoms with Crippen LogP contribution in [0.25, 0.3) is 0 Å². The minimum Gasteiger partial charge on any atom is -0.369 e. The van der Waals surface area contributed by atoms with Crippen molar-refractivity contribution >= 4 is 11.8 Å². The van der Waals surface area contributed by atoms with E-state index >= 15 is 0 Å². The maximum atomic E-state index is 13.2. The zero-order valence-corrected chi connectivity index (χ0v) is 17.2. The second kappa shape index (κ2) is 6.75. The molecular weight excluding hydrogens is 338 g/mol. The molecule has 2 amide bonds. The Hall–Kier alpha value is -1.10. The number of rotatable bonds is 6. The molecule has 1 heterocycles. The van der Waals surface area contributed by atoms with Gasteiger partial charge in [-0.1, -0.05) is 13.8 Å². The summed E-state index contributed by atoms with van der Waals surface area (Å²) in [6.07, 6.45) is 10.0. The molecule has 1 aliphatic heterocycles. The van der Waals surface area contributed by atoms with Crippen LogP contribution in [0.2, 0.25) is 0 Å². The van der Waals surface area contributed by atoms with Crippen molar-refractivity contribution in [1.82, 2.24) is 10.2 Å². The van der Waals surface area contributed by atoms with Gasteiger partial charge in [0.1, 0.15) is 0 Å². The van der Waals surface area contributed by atoms with Gasteiger partial charge in [0, 0.05) is 12.5 Å². The number of nitrogens with two attached hydrogens (primary N) is 1. The fourth-order valence-corrected chi connectivity index (χ4v) is 7.83. The van der Waals surface area contributed by atoms with E-state index in [1.165, 1.54) is 19.3 Å². The Bertz CT molecular complexity index is 593. The number of primary amides is 1. The summed E-state index contributed by atoms with van der Waals surface area (Å²) in [7, 11) is 0. The quantitative estimate of drug-likeness (QED) is 0.701. The highest BCUT2D eigenvalue weighted by molar-refractivity contribution is 5.83. The van der Waals surface area contributed by atoms with Crippen LogP contribution in [0.3, 0.4) is 0 Å². The Morgan fingerprint density at radius 1 is 1.04 bits per heavy atom. The van der Waals surface area contributed by atoms with Gasteiger partial charge in [-0.3, -0.25) is 9.59 Å². The highest BCUT2D eigenvalue weighted by Gasteiger charge is 2.62. The number of likely N-dealkylation sites (tertiary alicyclic amines) is 1. The molecule has 0 aromatic carbocycles. The van der Waals surface area contributed by atoms with Gasteiger partial charge < -0.3 is 16.0 Å². The van der Waals surface area contributed by atoms with Gasteiger partial charge in [0.05, 0.1) is 5.41 Å². The zero-order chi connectivity index (χ0) is 19.3. The van der Waals surface area contributed by atoms with E-state index in [-0.39, 0.29) is 17.2 Å². The number of piperidine rings is 1. The van der Waals surface area contributed by atoms with Gasteiger partial charge in [-0.05, 0) is 94.2 Å². The van der Waals surface area contributed by atoms with Gasteiger partial charge in [-0.2, -0.15) is 0 Å². The van der Waals surface area contributed by atoms with Crippen molar-refractivity contribution in [2.75, 3.05) is 26.2 Å². The van der Waals surface area contributed by atoms with Gasteiger partial charge in [0.25, 0.3) is 0 Å². The average Bonchev–Trinajstić information content (AvgIpc) is 2.55. The summed E-state index contributed by atoms with van der Waals surface area (Å²) in [4.78, 5) is 26.8. The van der Waals surface area contributed by atoms with Crippen LogP contribution >= 0.6 is 0 Å². The van der Waals surface area contributed by atoms with E-state index in [2.05, 4.69) is 24.1 Å². The van der Waals surface area contributed by atoms with Gasteiger partial charge >= 0.3 is 0 Å². The summed E-state index contributed by atoms with van der Waals surface area (Å²) in [6.45, 7) is 8.51. The second-order valence-corrected chi connectivity index (χ2v) is 11.0. The minimum absolute atomic E-state index is 0.0553. The predicted octanol–water partition coefficient (Wildman–Crippen LogP) is 2.69. The van der Waals surface area contributed by atoms with E-state index in [0.717, 1.165) is 70.6 Å². The van der Waals surface area contributed by atoms with Gasteiger partial charge in [0.2, 0.25) is 11.8 Å². The molecule has 4 bridgehead atoms. The maximum Gasteiger partial charge on any atom is 0.226 e. The number of nitrogens with zero attached hydrogens (tertiary/aromatic N) is 1. The highest BCUT2D eigenvalue weighted by Crippen LogP contribution is 2.69. The van der Waals surface area contributed by atoms with Crippen molar-refractivity contribution in [3.8, 4) is 0 Å². The summed E-state index contributed by atoms with van der Waals surface area (Å²) < 4.78 is 0. The summed E-state index contributed by atoms with van der Waals surface area (Å²) >= 11 is 0. The summed E-state index contributed by atoms with van der Waals surface area (Å²) in [6, 6.07) is 0. The fourth-order valence-electron chi connectivity index (χ4n) is 7.83. The Kier molecular flexibility index (Phi) is 4.81. The Balaban J connectivity index is 1.24. The average molecular weight is 376 g/mol. The van der Waals surface area contributed by atoms with E-state index in [9.17, 15) is 9.59 Å². The van der Waals surface area contributed by atoms with E-state index in [0.29, 0.717) is 16.7 Å². The molecule has 0 spiro atoms. The van der Waals surface area contributed by atoms with Crippen LogP contribution in [0.5, 0.6) is 0 Å². The van der Waals surface area contributed by atoms with Gasteiger partial charge in [-0.15, -0.1) is 0 Å². The standard InChI is InChI=1S/C22H37N3O2/c1-20-10-16-11-21(2,13-20)15-22(12-16,14-20)19(27)24-6-3-7-25-8-4-17(5-9-25)18(23)26/h16-17H,3-15H2,1-2H3,(H2,23,26)(H,24,27)/t16?,20-,21-,22?/m1/s1. The zero-order valence-electron chi connectivity index (χ0n) is 17.2. The number of hydrogen-bond donors (Lipinski definition) is 2. The fraction of sp³-hybridized carbons (Fsp3) is 0.909. The summed E-state index contributed by atoms with van der Waals surface area (Å²) in [5, 5.41) is 3.30. The van der Waals surface area contributed by atoms with Crippen LogP contribution in [-0.2, 0) is 9.59 Å². The lowest BCUT2D eigenvalue weighted by Crippen LogP contribution is -2.60. The van der Waals surface area contributed by atoms with Gasteiger partial charge in [0.15, 0.2) is 0 Å². The van der Waals surface area contributed by atoms with E-state index in [1.807, 2.05) is 0 Å². The molecule has 152 valence electrons. The third kappa shape index (κ3) is 3.76. The SMILES string of the molecule is C[C@]12CC3CC(C(=O)NCCCN4CCC(C(N)=O)CC4)(C1)C[C@](C)(C3)C2. The van der Waals surface area contributed by atoms with Crippen molar-refractivity contribution < 1.29 is 9.59 Å². The number of amides is 2. The molecule has 0 radical (unpaired) electrons. The van der Waals surface area contributed by atoms with E-state index < -0.39 is 0 Å². The topological polar surface area (TPSA) is 75.4 Å². The molecule has 0 unspecified atom stereocenters. The molecule has 4 saturated carbocycles.